The fourth-order valence-electron chi connectivity index (χ4n) is 7.36. The first kappa shape index (κ1) is 34.5. The van der Waals surface area contributed by atoms with Crippen molar-refractivity contribution in [2.24, 2.45) is 0 Å². The lowest BCUT2D eigenvalue weighted by molar-refractivity contribution is 0.717. The van der Waals surface area contributed by atoms with E-state index in [1.807, 2.05) is 6.20 Å². The van der Waals surface area contributed by atoms with Gasteiger partial charge in [-0.1, -0.05) is 179 Å². The van der Waals surface area contributed by atoms with Gasteiger partial charge in [0.25, 0.3) is 0 Å². The van der Waals surface area contributed by atoms with Crippen molar-refractivity contribution in [3.05, 3.63) is 174 Å². The third-order valence-corrected chi connectivity index (χ3v) is 14.8. The van der Waals surface area contributed by atoms with E-state index < -0.39 is 8.07 Å². The van der Waals surface area contributed by atoms with Gasteiger partial charge in [-0.05, 0) is 69.3 Å². The molecule has 0 N–H and O–H groups in total. The number of rotatable bonds is 17. The molecule has 2 nitrogen and oxygen atoms in total. The molecule has 0 amide bonds. The predicted octanol–water partition coefficient (Wildman–Crippen LogP) is 8.18. The molecule has 4 heteroatoms. The Morgan fingerprint density at radius 1 is 0.571 bits per heavy atom. The van der Waals surface area contributed by atoms with Gasteiger partial charge in [-0.2, -0.15) is 0 Å². The summed E-state index contributed by atoms with van der Waals surface area (Å²) < 4.78 is 2.45. The zero-order valence-corrected chi connectivity index (χ0v) is 30.3. The molecule has 1 radical (unpaired) electrons. The maximum Gasteiger partial charge on any atom is 0.215 e. The minimum absolute atomic E-state index is 0.0973. The molecule has 0 unspecified atom stereocenters. The number of aromatic nitrogens is 2. The lowest BCUT2D eigenvalue weighted by Crippen LogP contribution is -2.70. The summed E-state index contributed by atoms with van der Waals surface area (Å²) in [5.74, 6) is 0.0973. The molecule has 247 valence electrons. The normalized spacial score (nSPS) is 11.6. The molecule has 0 aliphatic carbocycles. The Morgan fingerprint density at radius 3 is 1.57 bits per heavy atom. The molecule has 1 heterocycles. The Bertz CT molecular complexity index is 1760. The minimum atomic E-state index is -2.62. The number of hydrogen-bond acceptors (Lipinski definition) is 1. The number of benzene rings is 5. The van der Waals surface area contributed by atoms with Gasteiger partial charge in [0.1, 0.15) is 0 Å². The van der Waals surface area contributed by atoms with Crippen molar-refractivity contribution in [3.8, 4) is 0 Å². The Kier molecular flexibility index (Phi) is 12.2. The van der Waals surface area contributed by atoms with Crippen LogP contribution in [0.4, 0.5) is 0 Å². The first-order chi connectivity index (χ1) is 24.2. The molecule has 0 aliphatic heterocycles. The molecule has 6 rings (SSSR count). The van der Waals surface area contributed by atoms with E-state index in [0.29, 0.717) is 0 Å². The standard InChI is InChI=1S/C45H50BN2Si/c1-3-5-10-20-37-22-18-30-42(34-37)49(41-28-16-9-17-29-41,43-31-19-23-38(35-43)21-11-6-4-2)36-48-33-32-47-45(48)46-44(39-24-12-7-13-25-39)40-26-14-8-15-27-40/h7-9,12-19,22-35,44H,3-6,10-11,20-21,36H2,1-2H3. The van der Waals surface area contributed by atoms with Gasteiger partial charge in [0.2, 0.25) is 7.28 Å². The largest absolute Gasteiger partial charge is 0.345 e. The van der Waals surface area contributed by atoms with Crippen LogP contribution in [0.15, 0.2) is 152 Å². The molecule has 0 aliphatic rings. The third kappa shape index (κ3) is 8.43. The number of aryl methyl sites for hydroxylation is 2. The second-order valence-electron chi connectivity index (χ2n) is 13.5. The summed E-state index contributed by atoms with van der Waals surface area (Å²) in [5, 5.41) is 4.38. The molecule has 0 spiro atoms. The molecule has 49 heavy (non-hydrogen) atoms. The van der Waals surface area contributed by atoms with Crippen LogP contribution < -0.4 is 21.3 Å². The maximum atomic E-state index is 5.04. The molecule has 0 bridgehead atoms. The summed E-state index contributed by atoms with van der Waals surface area (Å²) in [4.78, 5) is 5.04. The van der Waals surface area contributed by atoms with E-state index in [2.05, 4.69) is 171 Å². The van der Waals surface area contributed by atoms with Gasteiger partial charge >= 0.3 is 0 Å². The lowest BCUT2D eigenvalue weighted by atomic mass is 9.58. The number of unbranched alkanes of at least 4 members (excludes halogenated alkanes) is 4. The van der Waals surface area contributed by atoms with Crippen molar-refractivity contribution in [2.75, 3.05) is 0 Å². The van der Waals surface area contributed by atoms with E-state index in [0.717, 1.165) is 24.7 Å². The summed E-state index contributed by atoms with van der Waals surface area (Å²) in [6.07, 6.45) is 14.8. The molecule has 0 atom stereocenters. The van der Waals surface area contributed by atoms with Crippen molar-refractivity contribution in [3.63, 3.8) is 0 Å². The van der Waals surface area contributed by atoms with Gasteiger partial charge in [-0.3, -0.25) is 4.98 Å². The molecular formula is C45H50BN2Si. The third-order valence-electron chi connectivity index (χ3n) is 10.0. The molecule has 5 aromatic carbocycles. The van der Waals surface area contributed by atoms with Crippen LogP contribution in [0.2, 0.25) is 0 Å². The summed E-state index contributed by atoms with van der Waals surface area (Å²) in [7, 11) is -0.252. The van der Waals surface area contributed by atoms with Gasteiger partial charge in [0.05, 0.1) is 5.72 Å². The molecule has 0 fully saturated rings. The summed E-state index contributed by atoms with van der Waals surface area (Å²) in [5.41, 5.74) is 6.46. The maximum absolute atomic E-state index is 5.04. The monoisotopic (exact) mass is 657 g/mol. The summed E-state index contributed by atoms with van der Waals surface area (Å²) in [6.45, 7) is 4.58. The number of nitrogens with zero attached hydrogens (tertiary/aromatic N) is 2. The van der Waals surface area contributed by atoms with Crippen LogP contribution in [-0.2, 0) is 19.0 Å². The van der Waals surface area contributed by atoms with Crippen molar-refractivity contribution < 1.29 is 0 Å². The first-order valence-corrected chi connectivity index (χ1v) is 20.6. The topological polar surface area (TPSA) is 17.8 Å². The van der Waals surface area contributed by atoms with Crippen LogP contribution in [0.5, 0.6) is 0 Å². The van der Waals surface area contributed by atoms with Crippen molar-refractivity contribution in [2.45, 2.75) is 77.2 Å². The SMILES string of the molecule is CCCCCc1cccc([Si](Cn2ccnc2[B]C(c2ccccc2)c2ccccc2)(c2ccccc2)c2cccc(CCCCC)c2)c1. The number of hydrogen-bond donors (Lipinski definition) is 0. The average Bonchev–Trinajstić information content (AvgIpc) is 3.60. The van der Waals surface area contributed by atoms with E-state index in [-0.39, 0.29) is 5.82 Å². The Balaban J connectivity index is 1.49. The highest BCUT2D eigenvalue weighted by atomic mass is 28.3. The first-order valence-electron chi connectivity index (χ1n) is 18.4. The minimum Gasteiger partial charge on any atom is -0.345 e. The van der Waals surface area contributed by atoms with Crippen LogP contribution in [0.1, 0.15) is 80.4 Å². The van der Waals surface area contributed by atoms with E-state index in [1.54, 1.807) is 0 Å². The fraction of sp³-hybridized carbons (Fsp3) is 0.267. The molecule has 1 aromatic heterocycles. The van der Waals surface area contributed by atoms with E-state index >= 15 is 0 Å². The highest BCUT2D eigenvalue weighted by Crippen LogP contribution is 2.23. The summed E-state index contributed by atoms with van der Waals surface area (Å²) >= 11 is 0. The lowest BCUT2D eigenvalue weighted by Gasteiger charge is -2.35. The quantitative estimate of drug-likeness (QED) is 0.0550. The van der Waals surface area contributed by atoms with Crippen molar-refractivity contribution in [1.82, 2.24) is 9.55 Å². The van der Waals surface area contributed by atoms with Gasteiger partial charge in [0.15, 0.2) is 8.07 Å². The average molecular weight is 658 g/mol. The summed E-state index contributed by atoms with van der Waals surface area (Å²) in [6, 6.07) is 52.3. The second-order valence-corrected chi connectivity index (χ2v) is 17.3. The molecule has 6 aromatic rings. The molecular weight excluding hydrogens is 607 g/mol. The second kappa shape index (κ2) is 17.3. The van der Waals surface area contributed by atoms with E-state index in [1.165, 1.54) is 76.3 Å². The van der Waals surface area contributed by atoms with Crippen molar-refractivity contribution >= 4 is 36.6 Å². The van der Waals surface area contributed by atoms with Crippen LogP contribution >= 0.6 is 0 Å². The van der Waals surface area contributed by atoms with Crippen LogP contribution in [-0.4, -0.2) is 24.9 Å². The van der Waals surface area contributed by atoms with Crippen LogP contribution in [0.3, 0.4) is 0 Å². The smallest absolute Gasteiger partial charge is 0.215 e. The fourth-order valence-corrected chi connectivity index (χ4v) is 12.1. The predicted molar refractivity (Wildman–Crippen MR) is 213 cm³/mol. The van der Waals surface area contributed by atoms with Crippen molar-refractivity contribution in [1.29, 1.82) is 0 Å². The van der Waals surface area contributed by atoms with E-state index in [9.17, 15) is 0 Å². The van der Waals surface area contributed by atoms with Gasteiger partial charge in [-0.25, -0.2) is 0 Å². The van der Waals surface area contributed by atoms with Gasteiger partial charge in [-0.15, -0.1) is 0 Å². The highest BCUT2D eigenvalue weighted by Gasteiger charge is 2.41. The van der Waals surface area contributed by atoms with Gasteiger partial charge < -0.3 is 4.57 Å². The van der Waals surface area contributed by atoms with Crippen LogP contribution in [0, 0.1) is 0 Å². The Labute approximate surface area is 296 Å². The molecule has 0 saturated carbocycles. The van der Waals surface area contributed by atoms with Crippen LogP contribution in [0.25, 0.3) is 0 Å². The Hall–Kier alpha value is -4.41. The highest BCUT2D eigenvalue weighted by molar-refractivity contribution is 7.10. The van der Waals surface area contributed by atoms with E-state index in [4.69, 9.17) is 4.98 Å². The number of imidazole rings is 1. The Morgan fingerprint density at radius 2 is 1.06 bits per heavy atom. The van der Waals surface area contributed by atoms with Gasteiger partial charge in [0, 0.05) is 18.6 Å². The molecule has 0 saturated heterocycles. The zero-order chi connectivity index (χ0) is 33.7. The zero-order valence-electron chi connectivity index (χ0n) is 29.3.